The number of unbranched alkanes of at least 4 members (excludes halogenated alkanes) is 11. The summed E-state index contributed by atoms with van der Waals surface area (Å²) in [7, 11) is 3.31. The molecule has 4 heteroatoms. The van der Waals surface area contributed by atoms with Gasteiger partial charge in [-0.25, -0.2) is 0 Å². The molecule has 0 aliphatic heterocycles. The molecule has 0 atom stereocenters. The van der Waals surface area contributed by atoms with E-state index in [9.17, 15) is 10.0 Å². The molecule has 0 spiro atoms. The number of carbonyl (C=O) groups excluding carboxylic acids is 1. The second-order valence-corrected chi connectivity index (χ2v) is 8.10. The number of rotatable bonds is 17. The Balaban J connectivity index is 0. The number of nitrogens with zero attached hydrogens (tertiary/aromatic N) is 1. The Morgan fingerprint density at radius 2 is 1.22 bits per heavy atom. The van der Waals surface area contributed by atoms with Crippen LogP contribution in [0.1, 0.15) is 110 Å². The predicted molar refractivity (Wildman–Crippen MR) is 119 cm³/mol. The normalized spacial score (nSPS) is 11.4. The fourth-order valence-corrected chi connectivity index (χ4v) is 2.91. The van der Waals surface area contributed by atoms with Crippen molar-refractivity contribution in [3.05, 3.63) is 17.4 Å². The molecule has 0 saturated carbocycles. The maximum atomic E-state index is 10.6. The van der Waals surface area contributed by atoms with Gasteiger partial charge in [0.2, 0.25) is 5.91 Å². The molecule has 2 N–H and O–H groups in total. The van der Waals surface area contributed by atoms with Crippen molar-refractivity contribution in [3.8, 4) is 0 Å². The van der Waals surface area contributed by atoms with E-state index in [2.05, 4.69) is 19.1 Å². The molecule has 0 aromatic carbocycles. The Bertz CT molecular complexity index is 336. The number of nitrogens with two attached hydrogens (primary N) is 1. The van der Waals surface area contributed by atoms with Gasteiger partial charge < -0.3 is 15.6 Å². The van der Waals surface area contributed by atoms with Gasteiger partial charge in [-0.3, -0.25) is 4.79 Å². The van der Waals surface area contributed by atoms with Crippen molar-refractivity contribution in [2.24, 2.45) is 5.73 Å². The largest absolute Gasteiger partial charge is 0.633 e. The third kappa shape index (κ3) is 33.2. The molecule has 0 aromatic heterocycles. The highest BCUT2D eigenvalue weighted by atomic mass is 16.5. The van der Waals surface area contributed by atoms with Gasteiger partial charge in [-0.1, -0.05) is 77.4 Å². The number of allylic oxidation sites excluding steroid dienone is 2. The number of quaternary nitrogens is 1. The maximum Gasteiger partial charge on any atom is 0.217 e. The number of hydrogen-bond acceptors (Lipinski definition) is 2. The topological polar surface area (TPSA) is 66.2 Å². The van der Waals surface area contributed by atoms with Gasteiger partial charge in [0.25, 0.3) is 0 Å². The Labute approximate surface area is 169 Å². The second kappa shape index (κ2) is 21.4. The minimum Gasteiger partial charge on any atom is -0.633 e. The van der Waals surface area contributed by atoms with Gasteiger partial charge in [0.15, 0.2) is 0 Å². The van der Waals surface area contributed by atoms with Crippen LogP contribution >= 0.6 is 0 Å². The maximum absolute atomic E-state index is 10.6. The minimum absolute atomic E-state index is 0.156. The highest BCUT2D eigenvalue weighted by Gasteiger charge is 1.95. The summed E-state index contributed by atoms with van der Waals surface area (Å²) in [4.78, 5) is 10.5. The molecule has 0 aromatic rings. The zero-order chi connectivity index (χ0) is 20.8. The van der Waals surface area contributed by atoms with Crippen molar-refractivity contribution in [1.29, 1.82) is 0 Å². The molecule has 1 amide bonds. The van der Waals surface area contributed by atoms with E-state index < -0.39 is 0 Å². The predicted octanol–water partition coefficient (Wildman–Crippen LogP) is 6.48. The van der Waals surface area contributed by atoms with E-state index in [4.69, 9.17) is 5.73 Å². The highest BCUT2D eigenvalue weighted by Crippen LogP contribution is 2.09. The molecule has 0 saturated heterocycles. The summed E-state index contributed by atoms with van der Waals surface area (Å²) in [5, 5.41) is 10.6. The Hall–Kier alpha value is -0.870. The van der Waals surface area contributed by atoms with E-state index in [-0.39, 0.29) is 10.6 Å². The fourth-order valence-electron chi connectivity index (χ4n) is 2.91. The Morgan fingerprint density at radius 1 is 0.778 bits per heavy atom. The van der Waals surface area contributed by atoms with Gasteiger partial charge >= 0.3 is 0 Å². The number of hydroxylamine groups is 3. The molecular weight excluding hydrogens is 336 g/mol. The summed E-state index contributed by atoms with van der Waals surface area (Å²) in [6, 6.07) is 0. The minimum atomic E-state index is -0.164. The average molecular weight is 385 g/mol. The molecule has 0 heterocycles. The van der Waals surface area contributed by atoms with Gasteiger partial charge in [-0.15, -0.1) is 0 Å². The van der Waals surface area contributed by atoms with E-state index in [1.165, 1.54) is 70.6 Å². The molecule has 0 rings (SSSR count). The number of primary amides is 1. The molecule has 27 heavy (non-hydrogen) atoms. The SMILES string of the molecule is CCCCCCCC/C=C\CCCCCCCC(N)=O.CCC[N+](C)(C)[O-]. The lowest BCUT2D eigenvalue weighted by atomic mass is 10.1. The monoisotopic (exact) mass is 384 g/mol. The summed E-state index contributed by atoms with van der Waals surface area (Å²) in [5.41, 5.74) is 5.10. The fraction of sp³-hybridized carbons (Fsp3) is 0.870. The van der Waals surface area contributed by atoms with Gasteiger partial charge in [0.05, 0.1) is 20.6 Å². The lowest BCUT2D eigenvalue weighted by Crippen LogP contribution is -2.32. The summed E-state index contributed by atoms with van der Waals surface area (Å²) >= 11 is 0. The molecule has 0 aliphatic rings. The van der Waals surface area contributed by atoms with Crippen LogP contribution in [0.3, 0.4) is 0 Å². The van der Waals surface area contributed by atoms with Crippen LogP contribution in [0, 0.1) is 5.21 Å². The van der Waals surface area contributed by atoms with Crippen LogP contribution in [-0.2, 0) is 4.79 Å². The van der Waals surface area contributed by atoms with Crippen molar-refractivity contribution < 1.29 is 9.44 Å². The molecule has 4 nitrogen and oxygen atoms in total. The van der Waals surface area contributed by atoms with E-state index in [1.807, 2.05) is 6.92 Å². The third-order valence-electron chi connectivity index (χ3n) is 4.45. The van der Waals surface area contributed by atoms with E-state index >= 15 is 0 Å². The van der Waals surface area contributed by atoms with Gasteiger partial charge in [0, 0.05) is 6.42 Å². The summed E-state index contributed by atoms with van der Waals surface area (Å²) in [5.74, 6) is -0.164. The molecule has 0 radical (unpaired) electrons. The van der Waals surface area contributed by atoms with Crippen LogP contribution in [0.15, 0.2) is 12.2 Å². The third-order valence-corrected chi connectivity index (χ3v) is 4.45. The first-order valence-corrected chi connectivity index (χ1v) is 11.3. The van der Waals surface area contributed by atoms with Gasteiger partial charge in [-0.05, 0) is 38.5 Å². The van der Waals surface area contributed by atoms with Crippen molar-refractivity contribution in [3.63, 3.8) is 0 Å². The lowest BCUT2D eigenvalue weighted by Gasteiger charge is -2.33. The average Bonchev–Trinajstić information content (AvgIpc) is 2.57. The Morgan fingerprint density at radius 3 is 1.59 bits per heavy atom. The van der Waals surface area contributed by atoms with Crippen molar-refractivity contribution in [2.45, 2.75) is 110 Å². The summed E-state index contributed by atoms with van der Waals surface area (Å²) < 4.78 is -0.156. The summed E-state index contributed by atoms with van der Waals surface area (Å²) in [6.45, 7) is 5.00. The second-order valence-electron chi connectivity index (χ2n) is 8.10. The lowest BCUT2D eigenvalue weighted by molar-refractivity contribution is -0.839. The number of amides is 1. The van der Waals surface area contributed by atoms with Crippen LogP contribution in [-0.4, -0.2) is 31.2 Å². The van der Waals surface area contributed by atoms with Crippen LogP contribution in [0.5, 0.6) is 0 Å². The highest BCUT2D eigenvalue weighted by molar-refractivity contribution is 5.73. The molecule has 0 unspecified atom stereocenters. The molecular formula is C23H48N2O2. The first-order chi connectivity index (χ1) is 12.8. The van der Waals surface area contributed by atoms with E-state index in [0.717, 1.165) is 25.8 Å². The van der Waals surface area contributed by atoms with E-state index in [0.29, 0.717) is 6.42 Å². The zero-order valence-electron chi connectivity index (χ0n) is 18.8. The first-order valence-electron chi connectivity index (χ1n) is 11.3. The van der Waals surface area contributed by atoms with Crippen LogP contribution in [0.4, 0.5) is 0 Å². The zero-order valence-corrected chi connectivity index (χ0v) is 18.8. The smallest absolute Gasteiger partial charge is 0.217 e. The molecule has 0 fully saturated rings. The van der Waals surface area contributed by atoms with Crippen molar-refractivity contribution in [2.75, 3.05) is 20.6 Å². The molecule has 162 valence electrons. The number of carbonyl (C=O) groups is 1. The van der Waals surface area contributed by atoms with Crippen LogP contribution < -0.4 is 5.73 Å². The molecule has 0 aliphatic carbocycles. The standard InChI is InChI=1S/C18H35NO.C5H13NO/c1-2-3-4-5-6-7-8-9-10-11-12-13-14-15-16-17-18(19)20;1-4-5-6(2,3)7/h9-10H,2-8,11-17H2,1H3,(H2,19,20);4-5H2,1-3H3/b10-9-;. The van der Waals surface area contributed by atoms with Crippen LogP contribution in [0.2, 0.25) is 0 Å². The molecule has 0 bridgehead atoms. The quantitative estimate of drug-likeness (QED) is 0.135. The Kier molecular flexibility index (Phi) is 22.5. The number of hydrogen-bond donors (Lipinski definition) is 1. The van der Waals surface area contributed by atoms with E-state index in [1.54, 1.807) is 14.1 Å². The van der Waals surface area contributed by atoms with Crippen molar-refractivity contribution in [1.82, 2.24) is 0 Å². The van der Waals surface area contributed by atoms with Gasteiger partial charge in [-0.2, -0.15) is 0 Å². The van der Waals surface area contributed by atoms with Gasteiger partial charge in [0.1, 0.15) is 0 Å². The van der Waals surface area contributed by atoms with Crippen LogP contribution in [0.25, 0.3) is 0 Å². The van der Waals surface area contributed by atoms with Crippen molar-refractivity contribution >= 4 is 5.91 Å². The first kappa shape index (κ1) is 28.3. The summed E-state index contributed by atoms with van der Waals surface area (Å²) in [6.07, 6.45) is 22.9.